The van der Waals surface area contributed by atoms with Gasteiger partial charge in [0.2, 0.25) is 0 Å². The Morgan fingerprint density at radius 1 is 1.25 bits per heavy atom. The van der Waals surface area contributed by atoms with E-state index < -0.39 is 0 Å². The van der Waals surface area contributed by atoms with E-state index in [0.29, 0.717) is 5.92 Å². The lowest BCUT2D eigenvalue weighted by Crippen LogP contribution is -2.22. The zero-order valence-corrected chi connectivity index (χ0v) is 10.2. The van der Waals surface area contributed by atoms with Gasteiger partial charge in [0.05, 0.1) is 0 Å². The minimum atomic E-state index is 0.589. The largest absolute Gasteiger partial charge is 0.492 e. The topological polar surface area (TPSA) is 21.3 Å². The zero-order chi connectivity index (χ0) is 11.4. The Morgan fingerprint density at radius 2 is 1.94 bits per heavy atom. The fourth-order valence-electron chi connectivity index (χ4n) is 1.67. The zero-order valence-electron chi connectivity index (χ0n) is 10.2. The first-order chi connectivity index (χ1) is 7.75. The molecule has 88 valence electrons. The number of rotatable bonds is 6. The summed E-state index contributed by atoms with van der Waals surface area (Å²) in [6.45, 7) is 6.12. The second kappa shape index (κ2) is 5.35. The van der Waals surface area contributed by atoms with Crippen LogP contribution in [-0.2, 0) is 0 Å². The fourth-order valence-corrected chi connectivity index (χ4v) is 1.67. The van der Waals surface area contributed by atoms with E-state index in [1.165, 1.54) is 18.4 Å². The first-order valence-corrected chi connectivity index (χ1v) is 6.22. The first kappa shape index (κ1) is 11.5. The Morgan fingerprint density at radius 3 is 2.50 bits per heavy atom. The van der Waals surface area contributed by atoms with Crippen LogP contribution in [0.2, 0.25) is 0 Å². The molecule has 0 aliphatic heterocycles. The van der Waals surface area contributed by atoms with Gasteiger partial charge in [-0.3, -0.25) is 0 Å². The van der Waals surface area contributed by atoms with Gasteiger partial charge in [0.25, 0.3) is 0 Å². The molecule has 0 saturated heterocycles. The van der Waals surface area contributed by atoms with Crippen LogP contribution in [0, 0.1) is 0 Å². The summed E-state index contributed by atoms with van der Waals surface area (Å²) < 4.78 is 5.66. The Kier molecular flexibility index (Phi) is 3.83. The summed E-state index contributed by atoms with van der Waals surface area (Å²) in [7, 11) is 0. The molecule has 1 aromatic rings. The lowest BCUT2D eigenvalue weighted by atomic mass is 10.0. The maximum Gasteiger partial charge on any atom is 0.119 e. The van der Waals surface area contributed by atoms with E-state index in [-0.39, 0.29) is 0 Å². The number of ether oxygens (including phenoxy) is 1. The van der Waals surface area contributed by atoms with Crippen LogP contribution in [0.3, 0.4) is 0 Å². The average molecular weight is 219 g/mol. The maximum absolute atomic E-state index is 5.66. The average Bonchev–Trinajstić information content (AvgIpc) is 3.09. The molecule has 1 aliphatic carbocycles. The SMILES string of the molecule is CC(C)c1ccc(OCCNC2CC2)cc1. The van der Waals surface area contributed by atoms with Gasteiger partial charge in [-0.1, -0.05) is 26.0 Å². The molecule has 0 unspecified atom stereocenters. The third-order valence-corrected chi connectivity index (χ3v) is 2.93. The van der Waals surface area contributed by atoms with E-state index in [9.17, 15) is 0 Å². The van der Waals surface area contributed by atoms with Crippen LogP contribution in [0.15, 0.2) is 24.3 Å². The minimum absolute atomic E-state index is 0.589. The molecule has 0 amide bonds. The Balaban J connectivity index is 1.71. The molecule has 2 rings (SSSR count). The molecule has 1 aliphatic rings. The summed E-state index contributed by atoms with van der Waals surface area (Å²) in [4.78, 5) is 0. The van der Waals surface area contributed by atoms with Crippen molar-refractivity contribution in [3.05, 3.63) is 29.8 Å². The van der Waals surface area contributed by atoms with E-state index in [1.807, 2.05) is 0 Å². The molecule has 1 aromatic carbocycles. The summed E-state index contributed by atoms with van der Waals surface area (Å²) in [6, 6.07) is 9.19. The highest BCUT2D eigenvalue weighted by Crippen LogP contribution is 2.19. The van der Waals surface area contributed by atoms with Crippen molar-refractivity contribution in [3.63, 3.8) is 0 Å². The van der Waals surface area contributed by atoms with Crippen LogP contribution >= 0.6 is 0 Å². The molecule has 1 saturated carbocycles. The number of hydrogen-bond acceptors (Lipinski definition) is 2. The molecule has 2 nitrogen and oxygen atoms in total. The second-order valence-corrected chi connectivity index (χ2v) is 4.80. The van der Waals surface area contributed by atoms with Crippen molar-refractivity contribution in [2.75, 3.05) is 13.2 Å². The van der Waals surface area contributed by atoms with Gasteiger partial charge in [-0.25, -0.2) is 0 Å². The van der Waals surface area contributed by atoms with Gasteiger partial charge in [-0.2, -0.15) is 0 Å². The minimum Gasteiger partial charge on any atom is -0.492 e. The Hall–Kier alpha value is -1.02. The predicted octanol–water partition coefficient (Wildman–Crippen LogP) is 2.94. The van der Waals surface area contributed by atoms with E-state index in [0.717, 1.165) is 24.9 Å². The summed E-state index contributed by atoms with van der Waals surface area (Å²) in [5, 5.41) is 3.43. The van der Waals surface area contributed by atoms with Crippen molar-refractivity contribution in [2.45, 2.75) is 38.6 Å². The Labute approximate surface area is 98.0 Å². The third-order valence-electron chi connectivity index (χ3n) is 2.93. The van der Waals surface area contributed by atoms with Gasteiger partial charge >= 0.3 is 0 Å². The normalized spacial score (nSPS) is 15.4. The van der Waals surface area contributed by atoms with Crippen LogP contribution in [0.25, 0.3) is 0 Å². The van der Waals surface area contributed by atoms with E-state index in [1.54, 1.807) is 0 Å². The maximum atomic E-state index is 5.66. The Bertz CT molecular complexity index is 314. The molecular formula is C14H21NO. The van der Waals surface area contributed by atoms with Crippen LogP contribution in [0.4, 0.5) is 0 Å². The van der Waals surface area contributed by atoms with Crippen molar-refractivity contribution < 1.29 is 4.74 Å². The smallest absolute Gasteiger partial charge is 0.119 e. The van der Waals surface area contributed by atoms with E-state index in [2.05, 4.69) is 43.4 Å². The number of nitrogens with one attached hydrogen (secondary N) is 1. The predicted molar refractivity (Wildman–Crippen MR) is 67.1 cm³/mol. The summed E-state index contributed by atoms with van der Waals surface area (Å²) in [5.74, 6) is 1.56. The van der Waals surface area contributed by atoms with Gasteiger partial charge in [0.15, 0.2) is 0 Å². The quantitative estimate of drug-likeness (QED) is 0.743. The van der Waals surface area contributed by atoms with Gasteiger partial charge in [-0.05, 0) is 36.5 Å². The van der Waals surface area contributed by atoms with Gasteiger partial charge in [0, 0.05) is 12.6 Å². The highest BCUT2D eigenvalue weighted by molar-refractivity contribution is 5.28. The van der Waals surface area contributed by atoms with Gasteiger partial charge in [-0.15, -0.1) is 0 Å². The van der Waals surface area contributed by atoms with Crippen molar-refractivity contribution in [2.24, 2.45) is 0 Å². The van der Waals surface area contributed by atoms with E-state index >= 15 is 0 Å². The lowest BCUT2D eigenvalue weighted by molar-refractivity contribution is 0.313. The third kappa shape index (κ3) is 3.53. The van der Waals surface area contributed by atoms with Crippen molar-refractivity contribution in [3.8, 4) is 5.75 Å². The lowest BCUT2D eigenvalue weighted by Gasteiger charge is -2.09. The molecule has 1 fully saturated rings. The molecule has 2 heteroatoms. The molecule has 0 bridgehead atoms. The number of benzene rings is 1. The highest BCUT2D eigenvalue weighted by atomic mass is 16.5. The van der Waals surface area contributed by atoms with Crippen LogP contribution in [0.1, 0.15) is 38.2 Å². The molecule has 0 atom stereocenters. The van der Waals surface area contributed by atoms with Crippen molar-refractivity contribution in [1.29, 1.82) is 0 Å². The fraction of sp³-hybridized carbons (Fsp3) is 0.571. The van der Waals surface area contributed by atoms with Crippen LogP contribution < -0.4 is 10.1 Å². The second-order valence-electron chi connectivity index (χ2n) is 4.80. The molecular weight excluding hydrogens is 198 g/mol. The standard InChI is InChI=1S/C14H21NO/c1-11(2)12-3-7-14(8-4-12)16-10-9-15-13-5-6-13/h3-4,7-8,11,13,15H,5-6,9-10H2,1-2H3. The summed E-state index contributed by atoms with van der Waals surface area (Å²) in [5.41, 5.74) is 1.36. The van der Waals surface area contributed by atoms with E-state index in [4.69, 9.17) is 4.74 Å². The highest BCUT2D eigenvalue weighted by Gasteiger charge is 2.19. The monoisotopic (exact) mass is 219 g/mol. The summed E-state index contributed by atoms with van der Waals surface area (Å²) in [6.07, 6.45) is 2.67. The van der Waals surface area contributed by atoms with Gasteiger partial charge < -0.3 is 10.1 Å². The van der Waals surface area contributed by atoms with Crippen molar-refractivity contribution >= 4 is 0 Å². The molecule has 0 spiro atoms. The molecule has 0 heterocycles. The molecule has 0 aromatic heterocycles. The van der Waals surface area contributed by atoms with Gasteiger partial charge in [0.1, 0.15) is 12.4 Å². The molecule has 1 N–H and O–H groups in total. The van der Waals surface area contributed by atoms with Crippen LogP contribution in [-0.4, -0.2) is 19.2 Å². The summed E-state index contributed by atoms with van der Waals surface area (Å²) >= 11 is 0. The van der Waals surface area contributed by atoms with Crippen molar-refractivity contribution in [1.82, 2.24) is 5.32 Å². The molecule has 16 heavy (non-hydrogen) atoms. The molecule has 0 radical (unpaired) electrons. The number of hydrogen-bond donors (Lipinski definition) is 1. The first-order valence-electron chi connectivity index (χ1n) is 6.22. The van der Waals surface area contributed by atoms with Crippen LogP contribution in [0.5, 0.6) is 5.75 Å².